The molecule has 0 aromatic heterocycles. The van der Waals surface area contributed by atoms with E-state index in [-0.39, 0.29) is 18.3 Å². The van der Waals surface area contributed by atoms with E-state index in [1.165, 1.54) is 24.5 Å². The van der Waals surface area contributed by atoms with E-state index >= 15 is 0 Å². The van der Waals surface area contributed by atoms with Crippen LogP contribution in [0.5, 0.6) is 0 Å². The van der Waals surface area contributed by atoms with Crippen molar-refractivity contribution in [3.63, 3.8) is 0 Å². The molecule has 0 aliphatic carbocycles. The minimum atomic E-state index is -3.31. The van der Waals surface area contributed by atoms with Crippen molar-refractivity contribution in [1.82, 2.24) is 10.6 Å². The molecule has 1 aromatic carbocycles. The molecular weight excluding hydrogens is 414 g/mol. The minimum Gasteiger partial charge on any atom is -0.381 e. The predicted molar refractivity (Wildman–Crippen MR) is 114 cm³/mol. The van der Waals surface area contributed by atoms with Gasteiger partial charge in [-0.2, -0.15) is 0 Å². The average molecular weight is 445 g/mol. The van der Waals surface area contributed by atoms with Crippen molar-refractivity contribution < 1.29 is 21.9 Å². The van der Waals surface area contributed by atoms with Crippen molar-refractivity contribution >= 4 is 21.5 Å². The highest BCUT2D eigenvalue weighted by Gasteiger charge is 2.42. The molecule has 2 aliphatic heterocycles. The van der Waals surface area contributed by atoms with Crippen molar-refractivity contribution in [3.8, 4) is 0 Å². The first-order valence-electron chi connectivity index (χ1n) is 10.3. The number of aliphatic imine (C=N–C) groups is 1. The topological polar surface area (TPSA) is 83.0 Å². The lowest BCUT2D eigenvalue weighted by molar-refractivity contribution is 0.0768. The van der Waals surface area contributed by atoms with Crippen LogP contribution in [-0.2, 0) is 14.6 Å². The van der Waals surface area contributed by atoms with Gasteiger partial charge in [0.05, 0.1) is 11.3 Å². The molecule has 3 rings (SSSR count). The average Bonchev–Trinajstić information content (AvgIpc) is 3.14. The van der Waals surface area contributed by atoms with Crippen LogP contribution in [0.25, 0.3) is 0 Å². The number of hydrogen-bond donors (Lipinski definition) is 2. The van der Waals surface area contributed by atoms with Crippen LogP contribution in [0.3, 0.4) is 0 Å². The lowest BCUT2D eigenvalue weighted by Gasteiger charge is -2.34. The second kappa shape index (κ2) is 9.47. The molecule has 0 saturated carbocycles. The van der Waals surface area contributed by atoms with Gasteiger partial charge < -0.3 is 20.3 Å². The molecule has 2 saturated heterocycles. The Morgan fingerprint density at radius 2 is 1.97 bits per heavy atom. The first kappa shape index (κ1) is 22.7. The highest BCUT2D eigenvalue weighted by molar-refractivity contribution is 7.92. The number of nitrogens with zero attached hydrogens (tertiary/aromatic N) is 2. The summed E-state index contributed by atoms with van der Waals surface area (Å²) in [6, 6.07) is 3.79. The molecule has 0 radical (unpaired) electrons. The highest BCUT2D eigenvalue weighted by Crippen LogP contribution is 2.30. The van der Waals surface area contributed by atoms with Crippen molar-refractivity contribution in [2.24, 2.45) is 4.99 Å². The van der Waals surface area contributed by atoms with Gasteiger partial charge >= 0.3 is 0 Å². The Bertz CT molecular complexity index is 853. The molecule has 2 aliphatic rings. The summed E-state index contributed by atoms with van der Waals surface area (Å²) in [6.07, 6.45) is 2.77. The van der Waals surface area contributed by atoms with Crippen LogP contribution in [-0.4, -0.2) is 70.8 Å². The number of guanidine groups is 1. The third kappa shape index (κ3) is 5.03. The summed E-state index contributed by atoms with van der Waals surface area (Å²) in [5.41, 5.74) is -0.0121. The Balaban J connectivity index is 1.70. The Kier molecular flexibility index (Phi) is 7.18. The molecule has 1 aromatic rings. The zero-order chi connectivity index (χ0) is 21.8. The van der Waals surface area contributed by atoms with Gasteiger partial charge in [-0.05, 0) is 38.3 Å². The maximum absolute atomic E-state index is 14.1. The van der Waals surface area contributed by atoms with Gasteiger partial charge in [-0.15, -0.1) is 0 Å². The maximum Gasteiger partial charge on any atom is 0.191 e. The predicted octanol–water partition coefficient (Wildman–Crippen LogP) is 1.69. The molecule has 10 heteroatoms. The highest BCUT2D eigenvalue weighted by atomic mass is 32.2. The van der Waals surface area contributed by atoms with Gasteiger partial charge in [0.1, 0.15) is 17.3 Å². The van der Waals surface area contributed by atoms with E-state index in [1.807, 2.05) is 6.92 Å². The van der Waals surface area contributed by atoms with Crippen molar-refractivity contribution in [1.29, 1.82) is 0 Å². The summed E-state index contributed by atoms with van der Waals surface area (Å²) in [5, 5.41) is 6.43. The zero-order valence-electron chi connectivity index (χ0n) is 17.5. The van der Waals surface area contributed by atoms with E-state index in [1.54, 1.807) is 4.90 Å². The first-order valence-corrected chi connectivity index (χ1v) is 12.2. The smallest absolute Gasteiger partial charge is 0.191 e. The molecule has 2 heterocycles. The van der Waals surface area contributed by atoms with Gasteiger partial charge in [-0.1, -0.05) is 6.07 Å². The van der Waals surface area contributed by atoms with E-state index in [0.717, 1.165) is 0 Å². The quantitative estimate of drug-likeness (QED) is 0.513. The molecule has 1 unspecified atom stereocenters. The number of para-hydroxylation sites is 1. The second-order valence-corrected chi connectivity index (χ2v) is 10.3. The maximum atomic E-state index is 14.1. The van der Waals surface area contributed by atoms with Gasteiger partial charge in [0.25, 0.3) is 0 Å². The minimum absolute atomic E-state index is 0.0121. The summed E-state index contributed by atoms with van der Waals surface area (Å²) in [4.78, 5) is 6.25. The molecule has 0 bridgehead atoms. The molecule has 0 amide bonds. The standard InChI is InChI=1S/C20H30F2N4O3S/c1-3-23-19(24-14-20(30(2,27)28)8-11-29-12-9-20)25-15-7-10-26(13-15)18-16(21)5-4-6-17(18)22/h4-6,15H,3,7-14H2,1-2H3,(H2,23,24,25). The van der Waals surface area contributed by atoms with Gasteiger partial charge in [-0.3, -0.25) is 4.99 Å². The normalized spacial score (nSPS) is 22.2. The number of nitrogens with one attached hydrogen (secondary N) is 2. The van der Waals surface area contributed by atoms with E-state index < -0.39 is 26.2 Å². The third-order valence-corrected chi connectivity index (χ3v) is 7.95. The molecule has 2 fully saturated rings. The Morgan fingerprint density at radius 3 is 2.57 bits per heavy atom. The summed E-state index contributed by atoms with van der Waals surface area (Å²) in [7, 11) is -3.31. The van der Waals surface area contributed by atoms with E-state index in [0.29, 0.717) is 58.1 Å². The summed E-state index contributed by atoms with van der Waals surface area (Å²) in [6.45, 7) is 4.42. The Labute approximate surface area is 176 Å². The molecule has 168 valence electrons. The first-order chi connectivity index (χ1) is 14.3. The molecule has 1 atom stereocenters. The third-order valence-electron chi connectivity index (χ3n) is 5.84. The number of sulfone groups is 1. The van der Waals surface area contributed by atoms with Crippen molar-refractivity contribution in [2.45, 2.75) is 37.0 Å². The number of anilines is 1. The van der Waals surface area contributed by atoms with E-state index in [9.17, 15) is 17.2 Å². The van der Waals surface area contributed by atoms with Gasteiger partial charge in [-0.25, -0.2) is 17.2 Å². The summed E-state index contributed by atoms with van der Waals surface area (Å²) in [5.74, 6) is -0.649. The van der Waals surface area contributed by atoms with Crippen LogP contribution in [0.2, 0.25) is 0 Å². The van der Waals surface area contributed by atoms with Crippen LogP contribution >= 0.6 is 0 Å². The number of halogens is 2. The summed E-state index contributed by atoms with van der Waals surface area (Å²) >= 11 is 0. The fourth-order valence-electron chi connectivity index (χ4n) is 4.00. The van der Waals surface area contributed by atoms with Gasteiger partial charge in [0.2, 0.25) is 0 Å². The Morgan fingerprint density at radius 1 is 1.30 bits per heavy atom. The molecule has 2 N–H and O–H groups in total. The van der Waals surface area contributed by atoms with Gasteiger partial charge in [0, 0.05) is 45.1 Å². The SMILES string of the molecule is CCNC(=NCC1(S(C)(=O)=O)CCOCC1)NC1CCN(c2c(F)cccc2F)C1. The fraction of sp³-hybridized carbons (Fsp3) is 0.650. The van der Waals surface area contributed by atoms with Crippen LogP contribution in [0.4, 0.5) is 14.5 Å². The lowest BCUT2D eigenvalue weighted by atomic mass is 9.99. The number of rotatable bonds is 6. The number of hydrogen-bond acceptors (Lipinski definition) is 5. The zero-order valence-corrected chi connectivity index (χ0v) is 18.3. The lowest BCUT2D eigenvalue weighted by Crippen LogP contribution is -2.49. The van der Waals surface area contributed by atoms with Crippen molar-refractivity contribution in [2.75, 3.05) is 50.5 Å². The van der Waals surface area contributed by atoms with Crippen LogP contribution < -0.4 is 15.5 Å². The van der Waals surface area contributed by atoms with E-state index in [4.69, 9.17) is 4.74 Å². The molecular formula is C20H30F2N4O3S. The Hall–Kier alpha value is -1.94. The molecule has 30 heavy (non-hydrogen) atoms. The van der Waals surface area contributed by atoms with E-state index in [2.05, 4.69) is 15.6 Å². The van der Waals surface area contributed by atoms with Crippen LogP contribution in [0.1, 0.15) is 26.2 Å². The monoisotopic (exact) mass is 444 g/mol. The second-order valence-electron chi connectivity index (χ2n) is 7.91. The number of benzene rings is 1. The van der Waals surface area contributed by atoms with Gasteiger partial charge in [0.15, 0.2) is 15.8 Å². The molecule has 7 nitrogen and oxygen atoms in total. The largest absolute Gasteiger partial charge is 0.381 e. The van der Waals surface area contributed by atoms with Crippen LogP contribution in [0, 0.1) is 11.6 Å². The van der Waals surface area contributed by atoms with Crippen LogP contribution in [0.15, 0.2) is 23.2 Å². The number of ether oxygens (including phenoxy) is 1. The fourth-order valence-corrected chi connectivity index (χ4v) is 5.21. The van der Waals surface area contributed by atoms with Crippen molar-refractivity contribution in [3.05, 3.63) is 29.8 Å². The summed E-state index contributed by atoms with van der Waals surface area (Å²) < 4.78 is 57.5. The molecule has 0 spiro atoms.